The highest BCUT2D eigenvalue weighted by Crippen LogP contribution is 2.30. The fraction of sp³-hybridized carbons (Fsp3) is 0.500. The highest BCUT2D eigenvalue weighted by atomic mass is 32.2. The minimum atomic E-state index is 0.620. The number of aromatic nitrogens is 6. The lowest BCUT2D eigenvalue weighted by atomic mass is 10.2. The predicted molar refractivity (Wildman–Crippen MR) is 82.5 cm³/mol. The summed E-state index contributed by atoms with van der Waals surface area (Å²) in [6.07, 6.45) is 2.05. The molecule has 1 N–H and O–H groups in total. The Bertz CT molecular complexity index is 727. The monoisotopic (exact) mass is 323 g/mol. The molecule has 3 heterocycles. The van der Waals surface area contributed by atoms with Crippen LogP contribution >= 0.6 is 23.1 Å². The molecular formula is C12H17N7S2. The van der Waals surface area contributed by atoms with Crippen LogP contribution in [-0.4, -0.2) is 36.1 Å². The Balaban J connectivity index is 1.86. The summed E-state index contributed by atoms with van der Waals surface area (Å²) in [7, 11) is 1.83. The minimum absolute atomic E-state index is 0.620. The van der Waals surface area contributed by atoms with Gasteiger partial charge in [0.1, 0.15) is 5.03 Å². The first-order valence-corrected chi connectivity index (χ1v) is 8.40. The first-order chi connectivity index (χ1) is 10.1. The third-order valence-corrected chi connectivity index (χ3v) is 4.74. The molecule has 7 nitrogen and oxygen atoms in total. The van der Waals surface area contributed by atoms with Crippen LogP contribution in [-0.2, 0) is 13.6 Å². The molecular weight excluding hydrogens is 306 g/mol. The van der Waals surface area contributed by atoms with Crippen LogP contribution in [0.3, 0.4) is 0 Å². The van der Waals surface area contributed by atoms with Crippen LogP contribution < -0.4 is 5.32 Å². The van der Waals surface area contributed by atoms with E-state index in [1.807, 2.05) is 12.4 Å². The predicted octanol–water partition coefficient (Wildman–Crippen LogP) is 1.82. The number of tetrazole rings is 1. The Morgan fingerprint density at radius 1 is 1.43 bits per heavy atom. The van der Waals surface area contributed by atoms with E-state index in [0.717, 1.165) is 33.9 Å². The first kappa shape index (κ1) is 14.5. The second-order valence-corrected chi connectivity index (χ2v) is 6.96. The molecule has 3 aromatic rings. The number of thiazole rings is 1. The summed E-state index contributed by atoms with van der Waals surface area (Å²) in [4.78, 5) is 5.68. The van der Waals surface area contributed by atoms with Crippen molar-refractivity contribution in [1.29, 1.82) is 0 Å². The zero-order valence-electron chi connectivity index (χ0n) is 12.1. The molecule has 3 aromatic heterocycles. The number of hydrogen-bond donors (Lipinski definition) is 1. The first-order valence-electron chi connectivity index (χ1n) is 6.70. The van der Waals surface area contributed by atoms with E-state index in [-0.39, 0.29) is 0 Å². The molecule has 0 amide bonds. The van der Waals surface area contributed by atoms with Crippen molar-refractivity contribution in [2.75, 3.05) is 6.54 Å². The van der Waals surface area contributed by atoms with Gasteiger partial charge >= 0.3 is 0 Å². The topological polar surface area (TPSA) is 72.9 Å². The molecule has 0 radical (unpaired) electrons. The largest absolute Gasteiger partial charge is 0.311 e. The van der Waals surface area contributed by atoms with Gasteiger partial charge in [0.15, 0.2) is 4.96 Å². The van der Waals surface area contributed by atoms with E-state index in [0.29, 0.717) is 5.92 Å². The Labute approximate surface area is 130 Å². The van der Waals surface area contributed by atoms with Crippen molar-refractivity contribution >= 4 is 28.1 Å². The van der Waals surface area contributed by atoms with Gasteiger partial charge in [-0.15, -0.1) is 16.4 Å². The second kappa shape index (κ2) is 6.12. The zero-order valence-corrected chi connectivity index (χ0v) is 13.8. The number of hydrogen-bond acceptors (Lipinski definition) is 7. The average molecular weight is 323 g/mol. The number of aryl methyl sites for hydroxylation is 1. The van der Waals surface area contributed by atoms with Crippen molar-refractivity contribution in [2.24, 2.45) is 13.0 Å². The summed E-state index contributed by atoms with van der Waals surface area (Å²) in [6, 6.07) is 0. The van der Waals surface area contributed by atoms with E-state index < -0.39 is 0 Å². The maximum Gasteiger partial charge on any atom is 0.215 e. The molecule has 0 unspecified atom stereocenters. The van der Waals surface area contributed by atoms with E-state index in [1.165, 1.54) is 11.8 Å². The van der Waals surface area contributed by atoms with Gasteiger partial charge in [-0.25, -0.2) is 9.67 Å². The van der Waals surface area contributed by atoms with Crippen molar-refractivity contribution in [3.63, 3.8) is 0 Å². The fourth-order valence-corrected chi connectivity index (χ4v) is 3.56. The number of nitrogens with one attached hydrogen (secondary N) is 1. The maximum absolute atomic E-state index is 4.68. The van der Waals surface area contributed by atoms with Gasteiger partial charge in [-0.2, -0.15) is 0 Å². The van der Waals surface area contributed by atoms with Crippen molar-refractivity contribution < 1.29 is 0 Å². The maximum atomic E-state index is 4.68. The Kier molecular flexibility index (Phi) is 4.22. The molecule has 0 aliphatic carbocycles. The van der Waals surface area contributed by atoms with Crippen LogP contribution in [0.15, 0.2) is 21.8 Å². The van der Waals surface area contributed by atoms with E-state index >= 15 is 0 Å². The van der Waals surface area contributed by atoms with Gasteiger partial charge in [-0.3, -0.25) is 4.40 Å². The van der Waals surface area contributed by atoms with E-state index in [4.69, 9.17) is 0 Å². The van der Waals surface area contributed by atoms with Gasteiger partial charge in [0, 0.05) is 25.2 Å². The number of rotatable bonds is 6. The standard InChI is InChI=1S/C12H17N7S2/c1-8(2)6-13-7-9-10(14-11-19(9)4-5-20-11)21-12-15-16-17-18(12)3/h4-5,8,13H,6-7H2,1-3H3. The van der Waals surface area contributed by atoms with Crippen LogP contribution in [0, 0.1) is 5.92 Å². The lowest BCUT2D eigenvalue weighted by Gasteiger charge is -2.08. The molecule has 0 fully saturated rings. The molecule has 0 aromatic carbocycles. The van der Waals surface area contributed by atoms with Crippen LogP contribution in [0.1, 0.15) is 19.5 Å². The third kappa shape index (κ3) is 3.09. The third-order valence-electron chi connectivity index (χ3n) is 2.94. The Morgan fingerprint density at radius 2 is 2.29 bits per heavy atom. The lowest BCUT2D eigenvalue weighted by Crippen LogP contribution is -2.20. The average Bonchev–Trinajstić information content (AvgIpc) is 3.10. The smallest absolute Gasteiger partial charge is 0.215 e. The number of nitrogens with zero attached hydrogens (tertiary/aromatic N) is 6. The van der Waals surface area contributed by atoms with Crippen LogP contribution in [0.2, 0.25) is 0 Å². The summed E-state index contributed by atoms with van der Waals surface area (Å²) < 4.78 is 3.79. The van der Waals surface area contributed by atoms with Crippen molar-refractivity contribution in [3.05, 3.63) is 17.3 Å². The zero-order chi connectivity index (χ0) is 14.8. The molecule has 0 bridgehead atoms. The van der Waals surface area contributed by atoms with Crippen molar-refractivity contribution in [1.82, 2.24) is 34.9 Å². The van der Waals surface area contributed by atoms with Gasteiger partial charge < -0.3 is 5.32 Å². The molecule has 0 spiro atoms. The summed E-state index contributed by atoms with van der Waals surface area (Å²) in [5.74, 6) is 0.620. The van der Waals surface area contributed by atoms with Gasteiger partial charge in [-0.1, -0.05) is 13.8 Å². The molecule has 0 saturated carbocycles. The van der Waals surface area contributed by atoms with Gasteiger partial charge in [-0.05, 0) is 34.7 Å². The van der Waals surface area contributed by atoms with Crippen LogP contribution in [0.5, 0.6) is 0 Å². The van der Waals surface area contributed by atoms with Crippen molar-refractivity contribution in [3.8, 4) is 0 Å². The summed E-state index contributed by atoms with van der Waals surface area (Å²) in [5, 5.41) is 18.8. The molecule has 0 atom stereocenters. The molecule has 21 heavy (non-hydrogen) atoms. The quantitative estimate of drug-likeness (QED) is 0.746. The highest BCUT2D eigenvalue weighted by molar-refractivity contribution is 7.99. The number of fused-ring (bicyclic) bond motifs is 1. The molecule has 0 saturated heterocycles. The van der Waals surface area contributed by atoms with Gasteiger partial charge in [0.05, 0.1) is 5.69 Å². The van der Waals surface area contributed by atoms with Crippen molar-refractivity contribution in [2.45, 2.75) is 30.6 Å². The second-order valence-electron chi connectivity index (χ2n) is 5.13. The normalized spacial score (nSPS) is 11.8. The van der Waals surface area contributed by atoms with E-state index in [1.54, 1.807) is 16.0 Å². The summed E-state index contributed by atoms with van der Waals surface area (Å²) in [6.45, 7) is 6.16. The van der Waals surface area contributed by atoms with Crippen LogP contribution in [0.25, 0.3) is 4.96 Å². The number of imidazole rings is 1. The summed E-state index contributed by atoms with van der Waals surface area (Å²) in [5.41, 5.74) is 1.15. The molecule has 9 heteroatoms. The van der Waals surface area contributed by atoms with E-state index in [9.17, 15) is 0 Å². The minimum Gasteiger partial charge on any atom is -0.311 e. The van der Waals surface area contributed by atoms with E-state index in [2.05, 4.69) is 50.3 Å². The molecule has 112 valence electrons. The molecule has 0 aliphatic heterocycles. The van der Waals surface area contributed by atoms with Gasteiger partial charge in [0.25, 0.3) is 0 Å². The van der Waals surface area contributed by atoms with Gasteiger partial charge in [0.2, 0.25) is 5.16 Å². The SMILES string of the molecule is CC(C)CNCc1c(Sc2nnnn2C)nc2sccn12. The molecule has 0 aliphatic rings. The van der Waals surface area contributed by atoms with Crippen LogP contribution in [0.4, 0.5) is 0 Å². The Morgan fingerprint density at radius 3 is 3.00 bits per heavy atom. The lowest BCUT2D eigenvalue weighted by molar-refractivity contribution is 0.544. The fourth-order valence-electron chi connectivity index (χ4n) is 1.93. The highest BCUT2D eigenvalue weighted by Gasteiger charge is 2.16. The molecule has 3 rings (SSSR count). The Hall–Kier alpha value is -1.45. The summed E-state index contributed by atoms with van der Waals surface area (Å²) >= 11 is 3.13.